The third kappa shape index (κ3) is 3.73. The Bertz CT molecular complexity index is 933. The van der Waals surface area contributed by atoms with Crippen molar-refractivity contribution < 1.29 is 18.7 Å². The van der Waals surface area contributed by atoms with E-state index in [1.807, 2.05) is 0 Å². The predicted octanol–water partition coefficient (Wildman–Crippen LogP) is 4.88. The van der Waals surface area contributed by atoms with E-state index in [2.05, 4.69) is 5.32 Å². The van der Waals surface area contributed by atoms with Gasteiger partial charge >= 0.3 is 5.97 Å². The van der Waals surface area contributed by atoms with Crippen LogP contribution in [0.5, 0.6) is 0 Å². The molecule has 0 aromatic heterocycles. The molecule has 4 saturated carbocycles. The van der Waals surface area contributed by atoms with E-state index in [4.69, 9.17) is 4.74 Å². The van der Waals surface area contributed by atoms with E-state index >= 15 is 0 Å². The molecule has 2 aromatic rings. The smallest absolute Gasteiger partial charge is 0.339 e. The monoisotopic (exact) mass is 407 g/mol. The van der Waals surface area contributed by atoms with Crippen molar-refractivity contribution in [2.24, 2.45) is 17.8 Å². The molecular weight excluding hydrogens is 381 g/mol. The van der Waals surface area contributed by atoms with E-state index in [-0.39, 0.29) is 29.4 Å². The average Bonchev–Trinajstić information content (AvgIpc) is 2.72. The first-order valence-corrected chi connectivity index (χ1v) is 10.8. The summed E-state index contributed by atoms with van der Waals surface area (Å²) in [4.78, 5) is 25.9. The largest absolute Gasteiger partial charge is 0.457 e. The molecule has 4 aliphatic carbocycles. The maximum absolute atomic E-state index is 13.2. The van der Waals surface area contributed by atoms with E-state index in [1.54, 1.807) is 36.4 Å². The molecule has 0 saturated heterocycles. The van der Waals surface area contributed by atoms with Gasteiger partial charge in [0.05, 0.1) is 11.1 Å². The minimum atomic E-state index is -0.546. The standard InChI is InChI=1S/C25H26FNO3/c26-20-7-5-16(6-8-20)15-30-24(29)22-4-2-1-3-21(22)23(28)27-25-12-17-9-18(13-25)11-19(10-17)14-25/h1-8,17-19H,9-15H2,(H,27,28). The van der Waals surface area contributed by atoms with Gasteiger partial charge in [-0.15, -0.1) is 0 Å². The minimum Gasteiger partial charge on any atom is -0.457 e. The number of carbonyl (C=O) groups is 2. The Hall–Kier alpha value is -2.69. The van der Waals surface area contributed by atoms with E-state index < -0.39 is 5.97 Å². The Labute approximate surface area is 175 Å². The van der Waals surface area contributed by atoms with Crippen molar-refractivity contribution in [3.8, 4) is 0 Å². The Morgan fingerprint density at radius 1 is 0.900 bits per heavy atom. The first-order valence-electron chi connectivity index (χ1n) is 10.8. The molecule has 5 heteroatoms. The lowest BCUT2D eigenvalue weighted by molar-refractivity contribution is -0.0167. The second-order valence-electron chi connectivity index (χ2n) is 9.40. The summed E-state index contributed by atoms with van der Waals surface area (Å²) in [6, 6.07) is 12.6. The molecule has 0 unspecified atom stereocenters. The zero-order chi connectivity index (χ0) is 20.7. The van der Waals surface area contributed by atoms with Crippen LogP contribution in [0.2, 0.25) is 0 Å². The van der Waals surface area contributed by atoms with Crippen LogP contribution < -0.4 is 5.32 Å². The van der Waals surface area contributed by atoms with E-state index in [0.717, 1.165) is 37.0 Å². The lowest BCUT2D eigenvalue weighted by Gasteiger charge is -2.56. The highest BCUT2D eigenvalue weighted by molar-refractivity contribution is 6.05. The number of hydrogen-bond acceptors (Lipinski definition) is 3. The lowest BCUT2D eigenvalue weighted by Crippen LogP contribution is -2.59. The van der Waals surface area contributed by atoms with Crippen LogP contribution in [-0.2, 0) is 11.3 Å². The van der Waals surface area contributed by atoms with Gasteiger partial charge in [-0.1, -0.05) is 24.3 Å². The van der Waals surface area contributed by atoms with Crippen LogP contribution in [0.4, 0.5) is 4.39 Å². The van der Waals surface area contributed by atoms with Crippen LogP contribution in [0.25, 0.3) is 0 Å². The molecule has 4 fully saturated rings. The van der Waals surface area contributed by atoms with Crippen LogP contribution in [-0.4, -0.2) is 17.4 Å². The molecule has 4 bridgehead atoms. The molecule has 2 aromatic carbocycles. The van der Waals surface area contributed by atoms with Gasteiger partial charge in [-0.25, -0.2) is 9.18 Å². The zero-order valence-electron chi connectivity index (χ0n) is 16.9. The second-order valence-corrected chi connectivity index (χ2v) is 9.40. The van der Waals surface area contributed by atoms with Crippen LogP contribution in [0.1, 0.15) is 64.8 Å². The zero-order valence-corrected chi connectivity index (χ0v) is 16.9. The van der Waals surface area contributed by atoms with E-state index in [0.29, 0.717) is 11.1 Å². The topological polar surface area (TPSA) is 55.4 Å². The van der Waals surface area contributed by atoms with E-state index in [1.165, 1.54) is 31.4 Å². The van der Waals surface area contributed by atoms with Crippen LogP contribution >= 0.6 is 0 Å². The van der Waals surface area contributed by atoms with Crippen molar-refractivity contribution in [1.29, 1.82) is 0 Å². The molecule has 1 amide bonds. The molecule has 0 aliphatic heterocycles. The van der Waals surface area contributed by atoms with Gasteiger partial charge < -0.3 is 10.1 Å². The number of ether oxygens (including phenoxy) is 1. The molecule has 0 heterocycles. The lowest BCUT2D eigenvalue weighted by atomic mass is 9.53. The maximum atomic E-state index is 13.2. The molecular formula is C25H26FNO3. The fraction of sp³-hybridized carbons (Fsp3) is 0.440. The van der Waals surface area contributed by atoms with Crippen molar-refractivity contribution in [2.45, 2.75) is 50.7 Å². The fourth-order valence-electron chi connectivity index (χ4n) is 6.24. The van der Waals surface area contributed by atoms with Gasteiger partial charge in [0.15, 0.2) is 0 Å². The summed E-state index contributed by atoms with van der Waals surface area (Å²) in [5.74, 6) is 1.12. The molecule has 0 radical (unpaired) electrons. The summed E-state index contributed by atoms with van der Waals surface area (Å²) >= 11 is 0. The van der Waals surface area contributed by atoms with Crippen LogP contribution in [0.3, 0.4) is 0 Å². The summed E-state index contributed by atoms with van der Waals surface area (Å²) in [6.07, 6.45) is 7.09. The van der Waals surface area contributed by atoms with Crippen LogP contribution in [0, 0.1) is 23.6 Å². The highest BCUT2D eigenvalue weighted by Crippen LogP contribution is 2.55. The number of halogens is 1. The number of nitrogens with one attached hydrogen (secondary N) is 1. The van der Waals surface area contributed by atoms with Crippen molar-refractivity contribution in [1.82, 2.24) is 5.32 Å². The van der Waals surface area contributed by atoms with Crippen molar-refractivity contribution >= 4 is 11.9 Å². The molecule has 30 heavy (non-hydrogen) atoms. The maximum Gasteiger partial charge on any atom is 0.339 e. The number of rotatable bonds is 5. The van der Waals surface area contributed by atoms with Gasteiger partial charge in [-0.05, 0) is 86.1 Å². The molecule has 4 aliphatic rings. The summed E-state index contributed by atoms with van der Waals surface area (Å²) in [7, 11) is 0. The first kappa shape index (κ1) is 19.3. The van der Waals surface area contributed by atoms with Crippen LogP contribution in [0.15, 0.2) is 48.5 Å². The van der Waals surface area contributed by atoms with Crippen molar-refractivity contribution in [2.75, 3.05) is 0 Å². The highest BCUT2D eigenvalue weighted by Gasteiger charge is 2.51. The van der Waals surface area contributed by atoms with Crippen molar-refractivity contribution in [3.63, 3.8) is 0 Å². The Kier molecular flexibility index (Phi) is 4.84. The summed E-state index contributed by atoms with van der Waals surface area (Å²) in [5, 5.41) is 3.33. The summed E-state index contributed by atoms with van der Waals surface area (Å²) in [5.41, 5.74) is 1.20. The average molecular weight is 407 g/mol. The SMILES string of the molecule is O=C(NC12CC3CC(CC(C3)C1)C2)c1ccccc1C(=O)OCc1ccc(F)cc1. The molecule has 156 valence electrons. The number of carbonyl (C=O) groups excluding carboxylic acids is 2. The van der Waals surface area contributed by atoms with Gasteiger partial charge in [-0.3, -0.25) is 4.79 Å². The van der Waals surface area contributed by atoms with Gasteiger partial charge in [-0.2, -0.15) is 0 Å². The Morgan fingerprint density at radius 2 is 1.47 bits per heavy atom. The molecule has 4 nitrogen and oxygen atoms in total. The normalized spacial score (nSPS) is 28.9. The fourth-order valence-corrected chi connectivity index (χ4v) is 6.24. The first-order chi connectivity index (χ1) is 14.5. The quantitative estimate of drug-likeness (QED) is 0.719. The number of amides is 1. The van der Waals surface area contributed by atoms with Gasteiger partial charge in [0.25, 0.3) is 5.91 Å². The van der Waals surface area contributed by atoms with E-state index in [9.17, 15) is 14.0 Å². The predicted molar refractivity (Wildman–Crippen MR) is 110 cm³/mol. The highest BCUT2D eigenvalue weighted by atomic mass is 19.1. The number of esters is 1. The summed E-state index contributed by atoms with van der Waals surface area (Å²) in [6.45, 7) is 0.0318. The number of hydrogen-bond donors (Lipinski definition) is 1. The summed E-state index contributed by atoms with van der Waals surface area (Å²) < 4.78 is 18.4. The van der Waals surface area contributed by atoms with Crippen molar-refractivity contribution in [3.05, 3.63) is 71.0 Å². The second kappa shape index (κ2) is 7.53. The minimum absolute atomic E-state index is 0.0318. The van der Waals surface area contributed by atoms with Gasteiger partial charge in [0.1, 0.15) is 12.4 Å². The van der Waals surface area contributed by atoms with Gasteiger partial charge in [0.2, 0.25) is 0 Å². The third-order valence-corrected chi connectivity index (χ3v) is 7.09. The molecule has 1 N–H and O–H groups in total. The molecule has 6 rings (SSSR count). The third-order valence-electron chi connectivity index (χ3n) is 7.09. The van der Waals surface area contributed by atoms with Gasteiger partial charge in [0, 0.05) is 5.54 Å². The molecule has 0 spiro atoms. The molecule has 0 atom stereocenters. The Morgan fingerprint density at radius 3 is 2.07 bits per heavy atom. The number of benzene rings is 2. The Balaban J connectivity index is 1.30.